The molecule has 0 radical (unpaired) electrons. The molecule has 4 aliphatic rings. The highest BCUT2D eigenvalue weighted by Crippen LogP contribution is 2.56. The maximum absolute atomic E-state index is 12.9. The van der Waals surface area contributed by atoms with E-state index in [4.69, 9.17) is 0 Å². The molecule has 0 bridgehead atoms. The molecule has 0 spiro atoms. The molecule has 2 amide bonds. The number of nitrogens with one attached hydrogen (secondary N) is 2. The van der Waals surface area contributed by atoms with Gasteiger partial charge in [0.25, 0.3) is 0 Å². The molecule has 0 aromatic heterocycles. The first-order chi connectivity index (χ1) is 12.2. The molecule has 25 heavy (non-hydrogen) atoms. The molecule has 0 heterocycles. The number of allylic oxidation sites excluding steroid dienone is 2. The Morgan fingerprint density at radius 3 is 2.32 bits per heavy atom. The Balaban J connectivity index is 1.25. The van der Waals surface area contributed by atoms with Crippen LogP contribution in [0, 0.1) is 17.8 Å². The van der Waals surface area contributed by atoms with Gasteiger partial charge in [-0.1, -0.05) is 36.4 Å². The van der Waals surface area contributed by atoms with Gasteiger partial charge in [-0.3, -0.25) is 9.59 Å². The number of carbonyl (C=O) groups excluding carboxylic acids is 2. The van der Waals surface area contributed by atoms with Gasteiger partial charge in [0.1, 0.15) is 0 Å². The average molecular weight is 336 g/mol. The fourth-order valence-electron chi connectivity index (χ4n) is 4.75. The van der Waals surface area contributed by atoms with E-state index in [0.29, 0.717) is 30.7 Å². The number of fused-ring (bicyclic) bond motifs is 3. The van der Waals surface area contributed by atoms with Crippen LogP contribution in [-0.2, 0) is 16.0 Å². The molecule has 0 saturated heterocycles. The van der Waals surface area contributed by atoms with Crippen molar-refractivity contribution in [2.45, 2.75) is 50.1 Å². The molecule has 0 aliphatic heterocycles. The van der Waals surface area contributed by atoms with Gasteiger partial charge in [-0.25, -0.2) is 0 Å². The van der Waals surface area contributed by atoms with E-state index in [-0.39, 0.29) is 29.7 Å². The molecule has 2 saturated carbocycles. The van der Waals surface area contributed by atoms with Crippen LogP contribution in [-0.4, -0.2) is 23.9 Å². The zero-order valence-corrected chi connectivity index (χ0v) is 14.3. The summed E-state index contributed by atoms with van der Waals surface area (Å²) < 4.78 is 0. The largest absolute Gasteiger partial charge is 0.353 e. The van der Waals surface area contributed by atoms with E-state index in [1.54, 1.807) is 0 Å². The average Bonchev–Trinajstić information content (AvgIpc) is 3.53. The summed E-state index contributed by atoms with van der Waals surface area (Å²) in [6.45, 7) is 0. The Kier molecular flexibility index (Phi) is 3.47. The van der Waals surface area contributed by atoms with Crippen molar-refractivity contribution in [1.82, 2.24) is 10.6 Å². The Hall–Kier alpha value is -2.10. The van der Waals surface area contributed by atoms with Gasteiger partial charge in [0.2, 0.25) is 11.8 Å². The molecular weight excluding hydrogens is 312 g/mol. The summed E-state index contributed by atoms with van der Waals surface area (Å²) in [6.07, 6.45) is 8.68. The van der Waals surface area contributed by atoms with Gasteiger partial charge in [-0.15, -0.1) is 0 Å². The second-order valence-corrected chi connectivity index (χ2v) is 8.07. The van der Waals surface area contributed by atoms with Crippen molar-refractivity contribution in [3.63, 3.8) is 0 Å². The van der Waals surface area contributed by atoms with Crippen molar-refractivity contribution in [3.8, 4) is 0 Å². The predicted octanol–water partition coefficient (Wildman–Crippen LogP) is 2.30. The monoisotopic (exact) mass is 336 g/mol. The molecule has 5 rings (SSSR count). The van der Waals surface area contributed by atoms with Crippen molar-refractivity contribution < 1.29 is 9.59 Å². The minimum absolute atomic E-state index is 0.0633. The van der Waals surface area contributed by atoms with Gasteiger partial charge in [0, 0.05) is 18.0 Å². The SMILES string of the molecule is O=C(NC1CC1)C1CC=CCC1C(=O)NC1C2Cc3ccccc3C21. The number of benzene rings is 1. The maximum atomic E-state index is 12.9. The first-order valence-electron chi connectivity index (χ1n) is 9.56. The number of hydrogen-bond donors (Lipinski definition) is 2. The fraction of sp³-hybridized carbons (Fsp3) is 0.524. The van der Waals surface area contributed by atoms with Crippen molar-refractivity contribution in [3.05, 3.63) is 47.5 Å². The fourth-order valence-corrected chi connectivity index (χ4v) is 4.75. The topological polar surface area (TPSA) is 58.2 Å². The van der Waals surface area contributed by atoms with Crippen LogP contribution >= 0.6 is 0 Å². The van der Waals surface area contributed by atoms with Gasteiger partial charge < -0.3 is 10.6 Å². The molecule has 4 nitrogen and oxygen atoms in total. The lowest BCUT2D eigenvalue weighted by Gasteiger charge is -2.27. The quantitative estimate of drug-likeness (QED) is 0.829. The van der Waals surface area contributed by atoms with Crippen LogP contribution in [0.1, 0.15) is 42.7 Å². The highest BCUT2D eigenvalue weighted by atomic mass is 16.2. The van der Waals surface area contributed by atoms with Gasteiger partial charge in [-0.05, 0) is 49.1 Å². The standard InChI is InChI=1S/C21H24N2O2/c24-20(22-13-9-10-13)15-7-3-4-8-16(15)21(25)23-19-17-11-12-5-1-2-6-14(12)18(17)19/h1-6,13,15-19H,7-11H2,(H,22,24)(H,23,25). The normalized spacial score (nSPS) is 34.8. The molecule has 4 heteroatoms. The highest BCUT2D eigenvalue weighted by Gasteiger charge is 2.56. The van der Waals surface area contributed by atoms with Crippen LogP contribution in [0.5, 0.6) is 0 Å². The van der Waals surface area contributed by atoms with Crippen molar-refractivity contribution in [2.24, 2.45) is 17.8 Å². The maximum Gasteiger partial charge on any atom is 0.224 e. The van der Waals surface area contributed by atoms with E-state index in [1.165, 1.54) is 11.1 Å². The zero-order valence-electron chi connectivity index (χ0n) is 14.3. The summed E-state index contributed by atoms with van der Waals surface area (Å²) in [6, 6.07) is 9.19. The molecule has 2 fully saturated rings. The summed E-state index contributed by atoms with van der Waals surface area (Å²) in [4.78, 5) is 25.4. The van der Waals surface area contributed by atoms with Crippen LogP contribution in [0.4, 0.5) is 0 Å². The molecule has 2 N–H and O–H groups in total. The van der Waals surface area contributed by atoms with Crippen LogP contribution in [0.25, 0.3) is 0 Å². The predicted molar refractivity (Wildman–Crippen MR) is 94.8 cm³/mol. The van der Waals surface area contributed by atoms with Crippen LogP contribution < -0.4 is 10.6 Å². The van der Waals surface area contributed by atoms with Crippen LogP contribution in [0.2, 0.25) is 0 Å². The lowest BCUT2D eigenvalue weighted by molar-refractivity contribution is -0.135. The molecule has 5 atom stereocenters. The number of rotatable bonds is 4. The molecule has 4 aliphatic carbocycles. The summed E-state index contributed by atoms with van der Waals surface area (Å²) in [7, 11) is 0. The first kappa shape index (κ1) is 15.2. The molecule has 130 valence electrons. The van der Waals surface area contributed by atoms with Gasteiger partial charge >= 0.3 is 0 Å². The Morgan fingerprint density at radius 2 is 1.60 bits per heavy atom. The van der Waals surface area contributed by atoms with Gasteiger partial charge in [-0.2, -0.15) is 0 Å². The second-order valence-electron chi connectivity index (χ2n) is 8.07. The molecule has 5 unspecified atom stereocenters. The first-order valence-corrected chi connectivity index (χ1v) is 9.56. The molecule has 1 aromatic rings. The van der Waals surface area contributed by atoms with Crippen molar-refractivity contribution in [2.75, 3.05) is 0 Å². The van der Waals surface area contributed by atoms with E-state index < -0.39 is 0 Å². The minimum atomic E-state index is -0.222. The van der Waals surface area contributed by atoms with E-state index in [0.717, 1.165) is 19.3 Å². The second kappa shape index (κ2) is 5.72. The number of carbonyl (C=O) groups is 2. The highest BCUT2D eigenvalue weighted by molar-refractivity contribution is 5.89. The lowest BCUT2D eigenvalue weighted by Crippen LogP contribution is -2.44. The summed E-state index contributed by atoms with van der Waals surface area (Å²) in [5.74, 6) is 0.736. The Morgan fingerprint density at radius 1 is 0.920 bits per heavy atom. The van der Waals surface area contributed by atoms with E-state index in [1.807, 2.05) is 12.2 Å². The lowest BCUT2D eigenvalue weighted by atomic mass is 9.81. The molecule has 1 aromatic carbocycles. The minimum Gasteiger partial charge on any atom is -0.353 e. The third-order valence-electron chi connectivity index (χ3n) is 6.38. The summed E-state index contributed by atoms with van der Waals surface area (Å²) in [5, 5.41) is 6.34. The summed E-state index contributed by atoms with van der Waals surface area (Å²) in [5.41, 5.74) is 2.84. The van der Waals surface area contributed by atoms with Crippen LogP contribution in [0.15, 0.2) is 36.4 Å². The Labute approximate surface area is 148 Å². The number of amides is 2. The van der Waals surface area contributed by atoms with E-state index in [2.05, 4.69) is 34.9 Å². The van der Waals surface area contributed by atoms with Gasteiger partial charge in [0.05, 0.1) is 11.8 Å². The molecular formula is C21H24N2O2. The van der Waals surface area contributed by atoms with Crippen molar-refractivity contribution in [1.29, 1.82) is 0 Å². The smallest absolute Gasteiger partial charge is 0.224 e. The Bertz CT molecular complexity index is 752. The number of hydrogen-bond acceptors (Lipinski definition) is 2. The zero-order chi connectivity index (χ0) is 17.0. The van der Waals surface area contributed by atoms with Gasteiger partial charge in [0.15, 0.2) is 0 Å². The van der Waals surface area contributed by atoms with Crippen molar-refractivity contribution >= 4 is 11.8 Å². The summed E-state index contributed by atoms with van der Waals surface area (Å²) >= 11 is 0. The van der Waals surface area contributed by atoms with E-state index >= 15 is 0 Å². The third-order valence-corrected chi connectivity index (χ3v) is 6.38. The van der Waals surface area contributed by atoms with E-state index in [9.17, 15) is 9.59 Å². The van der Waals surface area contributed by atoms with Crippen LogP contribution in [0.3, 0.4) is 0 Å². The third kappa shape index (κ3) is 2.68.